The Labute approximate surface area is 113 Å². The van der Waals surface area contributed by atoms with E-state index in [2.05, 4.69) is 6.92 Å². The van der Waals surface area contributed by atoms with E-state index in [4.69, 9.17) is 17.3 Å². The Morgan fingerprint density at radius 1 is 1.50 bits per heavy atom. The zero-order valence-electron chi connectivity index (χ0n) is 10.6. The fraction of sp³-hybridized carbons (Fsp3) is 0.500. The van der Waals surface area contributed by atoms with E-state index in [0.29, 0.717) is 17.4 Å². The number of carbonyl (C=O) groups is 1. The summed E-state index contributed by atoms with van der Waals surface area (Å²) >= 11 is 6.07. The van der Waals surface area contributed by atoms with Gasteiger partial charge in [-0.15, -0.1) is 0 Å². The topological polar surface area (TPSA) is 46.3 Å². The van der Waals surface area contributed by atoms with Crippen molar-refractivity contribution >= 4 is 17.5 Å². The molecule has 2 unspecified atom stereocenters. The van der Waals surface area contributed by atoms with Gasteiger partial charge in [0.15, 0.2) is 0 Å². The number of hydrogen-bond donors (Lipinski definition) is 1. The molecule has 1 saturated heterocycles. The Morgan fingerprint density at radius 2 is 2.22 bits per heavy atom. The van der Waals surface area contributed by atoms with Crippen molar-refractivity contribution in [3.05, 3.63) is 34.9 Å². The average Bonchev–Trinajstić information content (AvgIpc) is 2.35. The van der Waals surface area contributed by atoms with Crippen LogP contribution in [0.25, 0.3) is 0 Å². The number of benzene rings is 1. The van der Waals surface area contributed by atoms with E-state index in [1.165, 1.54) is 0 Å². The Hall–Kier alpha value is -1.06. The molecule has 1 fully saturated rings. The summed E-state index contributed by atoms with van der Waals surface area (Å²) in [6.07, 6.45) is 1.26. The minimum Gasteiger partial charge on any atom is -0.342 e. The molecule has 1 aromatic carbocycles. The summed E-state index contributed by atoms with van der Waals surface area (Å²) in [5.41, 5.74) is 6.85. The smallest absolute Gasteiger partial charge is 0.227 e. The highest BCUT2D eigenvalue weighted by atomic mass is 35.5. The summed E-state index contributed by atoms with van der Waals surface area (Å²) in [4.78, 5) is 14.1. The van der Waals surface area contributed by atoms with Gasteiger partial charge in [0.05, 0.1) is 6.42 Å². The van der Waals surface area contributed by atoms with Crippen LogP contribution in [0.4, 0.5) is 0 Å². The number of nitrogens with zero attached hydrogens (tertiary/aromatic N) is 1. The van der Waals surface area contributed by atoms with Gasteiger partial charge >= 0.3 is 0 Å². The molecule has 0 radical (unpaired) electrons. The van der Waals surface area contributed by atoms with Gasteiger partial charge < -0.3 is 10.6 Å². The van der Waals surface area contributed by atoms with Crippen LogP contribution in [0.2, 0.25) is 5.02 Å². The van der Waals surface area contributed by atoms with Crippen LogP contribution in [0.3, 0.4) is 0 Å². The van der Waals surface area contributed by atoms with Crippen LogP contribution in [0.15, 0.2) is 24.3 Å². The summed E-state index contributed by atoms with van der Waals surface area (Å²) in [5, 5.41) is 0.660. The summed E-state index contributed by atoms with van der Waals surface area (Å²) in [6.45, 7) is 3.61. The Kier molecular flexibility index (Phi) is 4.25. The third kappa shape index (κ3) is 3.03. The molecule has 4 heteroatoms. The van der Waals surface area contributed by atoms with Crippen molar-refractivity contribution in [2.24, 2.45) is 11.7 Å². The van der Waals surface area contributed by atoms with E-state index in [-0.39, 0.29) is 11.9 Å². The molecule has 2 rings (SSSR count). The number of likely N-dealkylation sites (tertiary alicyclic amines) is 1. The van der Waals surface area contributed by atoms with E-state index in [9.17, 15) is 4.79 Å². The Morgan fingerprint density at radius 3 is 2.89 bits per heavy atom. The van der Waals surface area contributed by atoms with Gasteiger partial charge in [-0.05, 0) is 24.0 Å². The molecule has 3 nitrogen and oxygen atoms in total. The van der Waals surface area contributed by atoms with Crippen molar-refractivity contribution in [3.8, 4) is 0 Å². The minimum absolute atomic E-state index is 0.141. The normalized spacial score (nSPS) is 24.1. The summed E-state index contributed by atoms with van der Waals surface area (Å²) in [6, 6.07) is 7.72. The third-order valence-electron chi connectivity index (χ3n) is 3.62. The van der Waals surface area contributed by atoms with E-state index in [1.54, 1.807) is 0 Å². The molecule has 1 aliphatic heterocycles. The fourth-order valence-corrected chi connectivity index (χ4v) is 2.51. The van der Waals surface area contributed by atoms with Crippen LogP contribution in [-0.2, 0) is 11.2 Å². The number of halogens is 1. The molecule has 98 valence electrons. The van der Waals surface area contributed by atoms with Crippen LogP contribution in [0.1, 0.15) is 18.9 Å². The van der Waals surface area contributed by atoms with Gasteiger partial charge in [-0.3, -0.25) is 4.79 Å². The van der Waals surface area contributed by atoms with Crippen LogP contribution in [-0.4, -0.2) is 29.9 Å². The molecule has 2 atom stereocenters. The van der Waals surface area contributed by atoms with Crippen LogP contribution in [0.5, 0.6) is 0 Å². The lowest BCUT2D eigenvalue weighted by Gasteiger charge is -2.35. The van der Waals surface area contributed by atoms with E-state index < -0.39 is 0 Å². The molecular weight excluding hydrogens is 248 g/mol. The molecule has 2 N–H and O–H groups in total. The van der Waals surface area contributed by atoms with E-state index in [1.807, 2.05) is 29.2 Å². The average molecular weight is 267 g/mol. The van der Waals surface area contributed by atoms with Gasteiger partial charge in [-0.2, -0.15) is 0 Å². The lowest BCUT2D eigenvalue weighted by molar-refractivity contribution is -0.132. The zero-order chi connectivity index (χ0) is 13.1. The molecule has 1 heterocycles. The van der Waals surface area contributed by atoms with Crippen LogP contribution >= 0.6 is 11.6 Å². The summed E-state index contributed by atoms with van der Waals surface area (Å²) in [7, 11) is 0. The largest absolute Gasteiger partial charge is 0.342 e. The number of rotatable bonds is 2. The highest BCUT2D eigenvalue weighted by Gasteiger charge is 2.26. The molecule has 0 spiro atoms. The second-order valence-electron chi connectivity index (χ2n) is 5.04. The highest BCUT2D eigenvalue weighted by molar-refractivity contribution is 6.31. The maximum absolute atomic E-state index is 12.2. The second-order valence-corrected chi connectivity index (χ2v) is 5.44. The summed E-state index contributed by atoms with van der Waals surface area (Å²) < 4.78 is 0. The molecule has 1 aliphatic rings. The van der Waals surface area contributed by atoms with Crippen LogP contribution < -0.4 is 5.73 Å². The number of piperidine rings is 1. The predicted molar refractivity (Wildman–Crippen MR) is 73.5 cm³/mol. The number of hydrogen-bond acceptors (Lipinski definition) is 2. The molecule has 0 bridgehead atoms. The van der Waals surface area contributed by atoms with Crippen molar-refractivity contribution in [1.29, 1.82) is 0 Å². The Bertz CT molecular complexity index is 436. The standard InChI is InChI=1S/C14H19ClN2O/c1-10-9-17(7-6-13(10)16)14(18)8-11-4-2-3-5-12(11)15/h2-5,10,13H,6-9,16H2,1H3. The van der Waals surface area contributed by atoms with Crippen molar-refractivity contribution in [2.45, 2.75) is 25.8 Å². The number of nitrogens with two attached hydrogens (primary N) is 1. The summed E-state index contributed by atoms with van der Waals surface area (Å²) in [5.74, 6) is 0.510. The second kappa shape index (κ2) is 5.72. The first-order valence-electron chi connectivity index (χ1n) is 6.34. The van der Waals surface area contributed by atoms with Crippen molar-refractivity contribution < 1.29 is 4.79 Å². The predicted octanol–water partition coefficient (Wildman–Crippen LogP) is 2.08. The molecule has 18 heavy (non-hydrogen) atoms. The maximum Gasteiger partial charge on any atom is 0.227 e. The van der Waals surface area contributed by atoms with Crippen molar-refractivity contribution in [3.63, 3.8) is 0 Å². The molecule has 0 saturated carbocycles. The van der Waals surface area contributed by atoms with Gasteiger partial charge in [0, 0.05) is 24.2 Å². The quantitative estimate of drug-likeness (QED) is 0.891. The zero-order valence-corrected chi connectivity index (χ0v) is 11.4. The van der Waals surface area contributed by atoms with Gasteiger partial charge in [0.2, 0.25) is 5.91 Å². The van der Waals surface area contributed by atoms with Crippen molar-refractivity contribution in [1.82, 2.24) is 4.90 Å². The monoisotopic (exact) mass is 266 g/mol. The molecule has 0 aliphatic carbocycles. The first-order valence-corrected chi connectivity index (χ1v) is 6.72. The first kappa shape index (κ1) is 13.4. The third-order valence-corrected chi connectivity index (χ3v) is 3.99. The van der Waals surface area contributed by atoms with Gasteiger partial charge in [0.25, 0.3) is 0 Å². The molecule has 0 aromatic heterocycles. The lowest BCUT2D eigenvalue weighted by Crippen LogP contribution is -2.48. The molecule has 1 aromatic rings. The maximum atomic E-state index is 12.2. The van der Waals surface area contributed by atoms with E-state index in [0.717, 1.165) is 25.1 Å². The van der Waals surface area contributed by atoms with E-state index >= 15 is 0 Å². The van der Waals surface area contributed by atoms with Gasteiger partial charge in [0.1, 0.15) is 0 Å². The Balaban J connectivity index is 1.99. The SMILES string of the molecule is CC1CN(C(=O)Cc2ccccc2Cl)CCC1N. The van der Waals surface area contributed by atoms with Crippen molar-refractivity contribution in [2.75, 3.05) is 13.1 Å². The lowest BCUT2D eigenvalue weighted by atomic mass is 9.94. The first-order chi connectivity index (χ1) is 8.58. The fourth-order valence-electron chi connectivity index (χ4n) is 2.31. The van der Waals surface area contributed by atoms with Gasteiger partial charge in [-0.25, -0.2) is 0 Å². The minimum atomic E-state index is 0.141. The van der Waals surface area contributed by atoms with Crippen LogP contribution in [0, 0.1) is 5.92 Å². The molecular formula is C14H19ClN2O. The number of amides is 1. The highest BCUT2D eigenvalue weighted by Crippen LogP contribution is 2.19. The number of carbonyl (C=O) groups excluding carboxylic acids is 1. The molecule has 1 amide bonds. The van der Waals surface area contributed by atoms with Gasteiger partial charge in [-0.1, -0.05) is 36.7 Å².